The van der Waals surface area contributed by atoms with Gasteiger partial charge in [0.05, 0.1) is 22.9 Å². The molecule has 1 amide bonds. The van der Waals surface area contributed by atoms with Crippen molar-refractivity contribution in [1.82, 2.24) is 9.21 Å². The molecule has 8 nitrogen and oxygen atoms in total. The number of thiophene rings is 1. The van der Waals surface area contributed by atoms with Crippen molar-refractivity contribution in [3.8, 4) is 0 Å². The summed E-state index contributed by atoms with van der Waals surface area (Å²) in [6.45, 7) is 0.348. The minimum atomic E-state index is -4.15. The van der Waals surface area contributed by atoms with E-state index in [0.29, 0.717) is 25.9 Å². The van der Waals surface area contributed by atoms with Crippen molar-refractivity contribution in [1.29, 1.82) is 0 Å². The number of nitro benzene ring substituents is 1. The van der Waals surface area contributed by atoms with Gasteiger partial charge in [-0.25, -0.2) is 8.42 Å². The quantitative estimate of drug-likeness (QED) is 0.285. The first-order valence-electron chi connectivity index (χ1n) is 10.6. The SMILES string of the molecule is O=C(CN(C1CC1)S(=O)(=O)c1ccc(Cl)c([N+](=O)[O-])c1)N(Cc1ccccc1)Cc1cccs1. The van der Waals surface area contributed by atoms with Gasteiger partial charge in [-0.15, -0.1) is 11.3 Å². The zero-order chi connectivity index (χ0) is 24.3. The molecular formula is C23H22ClN3O5S2. The van der Waals surface area contributed by atoms with Crippen LogP contribution in [-0.4, -0.2) is 41.0 Å². The summed E-state index contributed by atoms with van der Waals surface area (Å²) in [5.74, 6) is -0.337. The van der Waals surface area contributed by atoms with Crippen LogP contribution in [0, 0.1) is 10.1 Å². The molecule has 2 aromatic carbocycles. The van der Waals surface area contributed by atoms with Crippen LogP contribution < -0.4 is 0 Å². The lowest BCUT2D eigenvalue weighted by atomic mass is 10.2. The van der Waals surface area contributed by atoms with E-state index in [1.807, 2.05) is 47.8 Å². The van der Waals surface area contributed by atoms with Gasteiger partial charge in [-0.1, -0.05) is 48.0 Å². The topological polar surface area (TPSA) is 101 Å². The van der Waals surface area contributed by atoms with E-state index in [2.05, 4.69) is 0 Å². The fourth-order valence-corrected chi connectivity index (χ4v) is 6.12. The molecule has 4 rings (SSSR count). The fraction of sp³-hybridized carbons (Fsp3) is 0.261. The van der Waals surface area contributed by atoms with Crippen molar-refractivity contribution in [2.24, 2.45) is 0 Å². The zero-order valence-electron chi connectivity index (χ0n) is 18.0. The van der Waals surface area contributed by atoms with Gasteiger partial charge >= 0.3 is 0 Å². The molecular weight excluding hydrogens is 498 g/mol. The van der Waals surface area contributed by atoms with Crippen molar-refractivity contribution in [2.75, 3.05) is 6.54 Å². The minimum Gasteiger partial charge on any atom is -0.332 e. The van der Waals surface area contributed by atoms with Gasteiger partial charge in [-0.05, 0) is 42.0 Å². The van der Waals surface area contributed by atoms with Gasteiger partial charge in [-0.3, -0.25) is 14.9 Å². The fourth-order valence-electron chi connectivity index (χ4n) is 3.56. The Hall–Kier alpha value is -2.79. The lowest BCUT2D eigenvalue weighted by Crippen LogP contribution is -2.43. The van der Waals surface area contributed by atoms with Gasteiger partial charge in [0.15, 0.2) is 0 Å². The molecule has 11 heteroatoms. The number of sulfonamides is 1. The molecule has 1 aromatic heterocycles. The highest BCUT2D eigenvalue weighted by Crippen LogP contribution is 2.34. The number of benzene rings is 2. The van der Waals surface area contributed by atoms with Gasteiger partial charge in [-0.2, -0.15) is 4.31 Å². The highest BCUT2D eigenvalue weighted by molar-refractivity contribution is 7.89. The van der Waals surface area contributed by atoms with Gasteiger partial charge in [0.1, 0.15) is 5.02 Å². The van der Waals surface area contributed by atoms with Crippen LogP contribution in [0.5, 0.6) is 0 Å². The number of nitrogens with zero attached hydrogens (tertiary/aromatic N) is 3. The van der Waals surface area contributed by atoms with Crippen molar-refractivity contribution in [3.63, 3.8) is 0 Å². The Labute approximate surface area is 206 Å². The van der Waals surface area contributed by atoms with Crippen LogP contribution in [0.15, 0.2) is 70.9 Å². The molecule has 0 saturated heterocycles. The van der Waals surface area contributed by atoms with E-state index in [1.54, 1.807) is 4.90 Å². The Morgan fingerprint density at radius 3 is 2.44 bits per heavy atom. The molecule has 0 aliphatic heterocycles. The molecule has 0 unspecified atom stereocenters. The van der Waals surface area contributed by atoms with Crippen LogP contribution >= 0.6 is 22.9 Å². The predicted octanol–water partition coefficient (Wildman–Crippen LogP) is 4.69. The molecule has 1 fully saturated rings. The van der Waals surface area contributed by atoms with Gasteiger partial charge in [0.2, 0.25) is 15.9 Å². The van der Waals surface area contributed by atoms with E-state index >= 15 is 0 Å². The molecule has 0 N–H and O–H groups in total. The lowest BCUT2D eigenvalue weighted by molar-refractivity contribution is -0.384. The average Bonchev–Trinajstić information content (AvgIpc) is 3.52. The normalized spacial score (nSPS) is 13.7. The molecule has 0 spiro atoms. The van der Waals surface area contributed by atoms with Gasteiger partial charge < -0.3 is 4.90 Å². The van der Waals surface area contributed by atoms with E-state index in [-0.39, 0.29) is 28.4 Å². The summed E-state index contributed by atoms with van der Waals surface area (Å²) in [7, 11) is -4.15. The number of carbonyl (C=O) groups excluding carboxylic acids is 1. The first-order valence-corrected chi connectivity index (χ1v) is 13.3. The predicted molar refractivity (Wildman–Crippen MR) is 130 cm³/mol. The van der Waals surface area contributed by atoms with E-state index in [1.165, 1.54) is 23.5 Å². The Morgan fingerprint density at radius 1 is 1.09 bits per heavy atom. The molecule has 0 radical (unpaired) electrons. The van der Waals surface area contributed by atoms with Crippen molar-refractivity contribution >= 4 is 44.6 Å². The van der Waals surface area contributed by atoms with E-state index in [9.17, 15) is 23.3 Å². The third-order valence-electron chi connectivity index (χ3n) is 5.46. The molecule has 34 heavy (non-hydrogen) atoms. The van der Waals surface area contributed by atoms with Crippen LogP contribution in [0.2, 0.25) is 5.02 Å². The Morgan fingerprint density at radius 2 is 1.82 bits per heavy atom. The smallest absolute Gasteiger partial charge is 0.289 e. The van der Waals surface area contributed by atoms with Crippen molar-refractivity contribution < 1.29 is 18.1 Å². The summed E-state index contributed by atoms with van der Waals surface area (Å²) in [5, 5.41) is 13.0. The standard InChI is InChI=1S/C23H22ClN3O5S2/c24-21-11-10-20(13-22(21)27(29)30)34(31,32)26(18-8-9-18)16-23(28)25(15-19-7-4-12-33-19)14-17-5-2-1-3-6-17/h1-7,10-13,18H,8-9,14-16H2. The maximum Gasteiger partial charge on any atom is 0.289 e. The Kier molecular flexibility index (Phi) is 7.32. The number of rotatable bonds is 10. The van der Waals surface area contributed by atoms with Crippen LogP contribution in [0.25, 0.3) is 0 Å². The second kappa shape index (κ2) is 10.2. The van der Waals surface area contributed by atoms with Crippen LogP contribution in [0.1, 0.15) is 23.3 Å². The number of halogens is 1. The van der Waals surface area contributed by atoms with Crippen LogP contribution in [0.3, 0.4) is 0 Å². The second-order valence-electron chi connectivity index (χ2n) is 7.97. The van der Waals surface area contributed by atoms with Crippen LogP contribution in [0.4, 0.5) is 5.69 Å². The average molecular weight is 520 g/mol. The molecule has 0 atom stereocenters. The minimum absolute atomic E-state index is 0.150. The van der Waals surface area contributed by atoms with Gasteiger partial charge in [0, 0.05) is 23.5 Å². The first-order chi connectivity index (χ1) is 16.3. The molecule has 3 aromatic rings. The molecule has 1 aliphatic carbocycles. The molecule has 0 bridgehead atoms. The monoisotopic (exact) mass is 519 g/mol. The number of nitro groups is 1. The summed E-state index contributed by atoms with van der Waals surface area (Å²) in [5.41, 5.74) is 0.440. The number of hydrogen-bond donors (Lipinski definition) is 0. The molecule has 1 saturated carbocycles. The Balaban J connectivity index is 1.60. The Bertz CT molecular complexity index is 1280. The maximum atomic E-state index is 13.4. The number of amides is 1. The highest BCUT2D eigenvalue weighted by atomic mass is 35.5. The maximum absolute atomic E-state index is 13.4. The molecule has 178 valence electrons. The summed E-state index contributed by atoms with van der Waals surface area (Å²) >= 11 is 7.38. The van der Waals surface area contributed by atoms with Crippen LogP contribution in [-0.2, 0) is 27.9 Å². The number of carbonyl (C=O) groups is 1. The molecule has 1 heterocycles. The van der Waals surface area contributed by atoms with Gasteiger partial charge in [0.25, 0.3) is 5.69 Å². The second-order valence-corrected chi connectivity index (χ2v) is 11.3. The van der Waals surface area contributed by atoms with E-state index in [4.69, 9.17) is 11.6 Å². The van der Waals surface area contributed by atoms with E-state index in [0.717, 1.165) is 20.8 Å². The molecule has 1 aliphatic rings. The summed E-state index contributed by atoms with van der Waals surface area (Å²) in [6.07, 6.45) is 1.26. The zero-order valence-corrected chi connectivity index (χ0v) is 20.4. The lowest BCUT2D eigenvalue weighted by Gasteiger charge is -2.27. The summed E-state index contributed by atoms with van der Waals surface area (Å²) < 4.78 is 28.0. The largest absolute Gasteiger partial charge is 0.332 e. The summed E-state index contributed by atoms with van der Waals surface area (Å²) in [6, 6.07) is 16.4. The number of hydrogen-bond acceptors (Lipinski definition) is 6. The van der Waals surface area contributed by atoms with E-state index < -0.39 is 20.6 Å². The third-order valence-corrected chi connectivity index (χ3v) is 8.54. The highest BCUT2D eigenvalue weighted by Gasteiger charge is 2.40. The first kappa shape index (κ1) is 24.3. The van der Waals surface area contributed by atoms with Crippen molar-refractivity contribution in [3.05, 3.63) is 91.6 Å². The van der Waals surface area contributed by atoms with Crippen molar-refractivity contribution in [2.45, 2.75) is 36.9 Å². The summed E-state index contributed by atoms with van der Waals surface area (Å²) in [4.78, 5) is 26.3. The third kappa shape index (κ3) is 5.64.